The van der Waals surface area contributed by atoms with Crippen LogP contribution in [-0.2, 0) is 9.59 Å². The van der Waals surface area contributed by atoms with Crippen molar-refractivity contribution in [2.75, 3.05) is 24.9 Å². The maximum absolute atomic E-state index is 12.9. The van der Waals surface area contributed by atoms with Crippen molar-refractivity contribution in [2.45, 2.75) is 6.92 Å². The number of amides is 3. The predicted molar refractivity (Wildman–Crippen MR) is 123 cm³/mol. The number of benzene rings is 2. The molecule has 3 N–H and O–H groups in total. The van der Waals surface area contributed by atoms with Crippen LogP contribution in [0.2, 0.25) is 0 Å². The van der Waals surface area contributed by atoms with Crippen molar-refractivity contribution in [3.05, 3.63) is 77.9 Å². The largest absolute Gasteiger partial charge is 0.493 e. The van der Waals surface area contributed by atoms with E-state index in [-0.39, 0.29) is 17.2 Å². The first-order chi connectivity index (χ1) is 15.9. The van der Waals surface area contributed by atoms with Gasteiger partial charge in [-0.2, -0.15) is 0 Å². The Labute approximate surface area is 190 Å². The van der Waals surface area contributed by atoms with E-state index in [1.807, 2.05) is 0 Å². The van der Waals surface area contributed by atoms with Gasteiger partial charge in [0.2, 0.25) is 5.91 Å². The maximum Gasteiger partial charge on any atom is 0.272 e. The van der Waals surface area contributed by atoms with Gasteiger partial charge < -0.3 is 29.8 Å². The van der Waals surface area contributed by atoms with Crippen LogP contribution in [0.5, 0.6) is 11.5 Å². The molecule has 0 saturated heterocycles. The van der Waals surface area contributed by atoms with Crippen molar-refractivity contribution in [3.63, 3.8) is 0 Å². The van der Waals surface area contributed by atoms with Crippen molar-refractivity contribution in [1.29, 1.82) is 0 Å². The van der Waals surface area contributed by atoms with Gasteiger partial charge in [0.25, 0.3) is 11.8 Å². The van der Waals surface area contributed by atoms with Crippen molar-refractivity contribution in [3.8, 4) is 11.5 Å². The Morgan fingerprint density at radius 1 is 0.879 bits per heavy atom. The highest BCUT2D eigenvalue weighted by Crippen LogP contribution is 2.27. The Morgan fingerprint density at radius 3 is 2.12 bits per heavy atom. The van der Waals surface area contributed by atoms with Crippen LogP contribution >= 0.6 is 0 Å². The lowest BCUT2D eigenvalue weighted by molar-refractivity contribution is -0.114. The molecule has 0 aliphatic carbocycles. The minimum Gasteiger partial charge on any atom is -0.493 e. The number of carbonyl (C=O) groups is 3. The molecule has 3 amide bonds. The first-order valence-corrected chi connectivity index (χ1v) is 9.87. The van der Waals surface area contributed by atoms with Crippen LogP contribution in [0.1, 0.15) is 23.0 Å². The molecule has 1 heterocycles. The summed E-state index contributed by atoms with van der Waals surface area (Å²) in [5.74, 6) is -0.0502. The molecular weight excluding hydrogens is 426 g/mol. The van der Waals surface area contributed by atoms with Gasteiger partial charge in [-0.05, 0) is 54.6 Å². The first kappa shape index (κ1) is 23.1. The van der Waals surface area contributed by atoms with Crippen LogP contribution in [0.4, 0.5) is 11.4 Å². The van der Waals surface area contributed by atoms with Gasteiger partial charge in [-0.25, -0.2) is 0 Å². The van der Waals surface area contributed by atoms with Crippen molar-refractivity contribution in [1.82, 2.24) is 5.32 Å². The Morgan fingerprint density at radius 2 is 1.55 bits per heavy atom. The predicted octanol–water partition coefficient (Wildman–Crippen LogP) is 3.66. The van der Waals surface area contributed by atoms with Gasteiger partial charge in [0.05, 0.1) is 20.5 Å². The van der Waals surface area contributed by atoms with Crippen molar-refractivity contribution >= 4 is 35.2 Å². The van der Waals surface area contributed by atoms with E-state index < -0.39 is 11.8 Å². The summed E-state index contributed by atoms with van der Waals surface area (Å²) < 4.78 is 15.7. The van der Waals surface area contributed by atoms with E-state index in [1.54, 1.807) is 48.5 Å². The monoisotopic (exact) mass is 449 g/mol. The highest BCUT2D eigenvalue weighted by molar-refractivity contribution is 6.10. The van der Waals surface area contributed by atoms with E-state index >= 15 is 0 Å². The first-order valence-electron chi connectivity index (χ1n) is 9.87. The lowest BCUT2D eigenvalue weighted by atomic mass is 10.1. The molecule has 0 spiro atoms. The summed E-state index contributed by atoms with van der Waals surface area (Å²) in [5, 5.41) is 7.97. The molecule has 9 heteroatoms. The third-order valence-corrected chi connectivity index (χ3v) is 4.43. The molecule has 0 aliphatic rings. The highest BCUT2D eigenvalue weighted by atomic mass is 16.5. The van der Waals surface area contributed by atoms with E-state index in [0.717, 1.165) is 0 Å². The smallest absolute Gasteiger partial charge is 0.272 e. The molecular formula is C24H23N3O6. The minimum absolute atomic E-state index is 0.0318. The fourth-order valence-electron chi connectivity index (χ4n) is 2.88. The second-order valence-corrected chi connectivity index (χ2v) is 6.81. The van der Waals surface area contributed by atoms with Crippen molar-refractivity contribution < 1.29 is 28.3 Å². The van der Waals surface area contributed by atoms with Crippen LogP contribution in [0.3, 0.4) is 0 Å². The second-order valence-electron chi connectivity index (χ2n) is 6.81. The van der Waals surface area contributed by atoms with Crippen molar-refractivity contribution in [2.24, 2.45) is 0 Å². The molecule has 0 atom stereocenters. The number of anilines is 2. The normalized spacial score (nSPS) is 10.8. The van der Waals surface area contributed by atoms with Crippen LogP contribution in [-0.4, -0.2) is 31.9 Å². The fourth-order valence-corrected chi connectivity index (χ4v) is 2.88. The summed E-state index contributed by atoms with van der Waals surface area (Å²) in [6, 6.07) is 14.5. The average Bonchev–Trinajstić information content (AvgIpc) is 3.32. The quantitative estimate of drug-likeness (QED) is 0.452. The molecule has 0 fully saturated rings. The zero-order valence-corrected chi connectivity index (χ0v) is 18.3. The van der Waals surface area contributed by atoms with Crippen LogP contribution in [0.15, 0.2) is 71.0 Å². The van der Waals surface area contributed by atoms with Gasteiger partial charge in [-0.3, -0.25) is 14.4 Å². The van der Waals surface area contributed by atoms with Gasteiger partial charge in [-0.15, -0.1) is 0 Å². The van der Waals surface area contributed by atoms with Gasteiger partial charge in [-0.1, -0.05) is 0 Å². The minimum atomic E-state index is -0.562. The van der Waals surface area contributed by atoms with Gasteiger partial charge >= 0.3 is 0 Å². The number of hydrogen-bond acceptors (Lipinski definition) is 6. The Hall–Kier alpha value is -4.53. The molecule has 9 nitrogen and oxygen atoms in total. The molecule has 2 aromatic carbocycles. The summed E-state index contributed by atoms with van der Waals surface area (Å²) >= 11 is 0. The molecule has 1 aromatic heterocycles. The molecule has 33 heavy (non-hydrogen) atoms. The summed E-state index contributed by atoms with van der Waals surface area (Å²) in [4.78, 5) is 37.0. The summed E-state index contributed by atoms with van der Waals surface area (Å²) in [6.07, 6.45) is 2.87. The Balaban J connectivity index is 1.81. The highest BCUT2D eigenvalue weighted by Gasteiger charge is 2.17. The molecule has 0 saturated carbocycles. The number of furan rings is 1. The molecule has 0 bridgehead atoms. The van der Waals surface area contributed by atoms with Crippen LogP contribution in [0, 0.1) is 0 Å². The Kier molecular flexibility index (Phi) is 7.48. The number of nitrogens with one attached hydrogen (secondary N) is 3. The number of ether oxygens (including phenoxy) is 2. The van der Waals surface area contributed by atoms with E-state index in [0.29, 0.717) is 28.6 Å². The Bertz CT molecular complexity index is 1170. The summed E-state index contributed by atoms with van der Waals surface area (Å²) in [5.41, 5.74) is 1.30. The van der Waals surface area contributed by atoms with E-state index in [4.69, 9.17) is 13.9 Å². The van der Waals surface area contributed by atoms with Gasteiger partial charge in [0.15, 0.2) is 11.5 Å². The number of hydrogen-bond donors (Lipinski definition) is 3. The number of methoxy groups -OCH3 is 2. The average molecular weight is 449 g/mol. The maximum atomic E-state index is 12.9. The molecule has 170 valence electrons. The zero-order chi connectivity index (χ0) is 23.8. The molecule has 3 aromatic rings. The van der Waals surface area contributed by atoms with Gasteiger partial charge in [0.1, 0.15) is 11.5 Å². The number of rotatable bonds is 8. The molecule has 0 unspecified atom stereocenters. The summed E-state index contributed by atoms with van der Waals surface area (Å²) in [7, 11) is 2.96. The van der Waals surface area contributed by atoms with Crippen LogP contribution in [0.25, 0.3) is 6.08 Å². The fraction of sp³-hybridized carbons (Fsp3) is 0.125. The molecule has 0 aliphatic heterocycles. The molecule has 0 radical (unpaired) electrons. The third kappa shape index (κ3) is 6.23. The van der Waals surface area contributed by atoms with Gasteiger partial charge in [0, 0.05) is 29.9 Å². The molecule has 3 rings (SSSR count). The van der Waals surface area contributed by atoms with E-state index in [1.165, 1.54) is 39.5 Å². The van der Waals surface area contributed by atoms with E-state index in [9.17, 15) is 14.4 Å². The van der Waals surface area contributed by atoms with E-state index in [2.05, 4.69) is 16.0 Å². The third-order valence-electron chi connectivity index (χ3n) is 4.43. The lowest BCUT2D eigenvalue weighted by Crippen LogP contribution is -2.30. The van der Waals surface area contributed by atoms with Crippen LogP contribution < -0.4 is 25.4 Å². The topological polar surface area (TPSA) is 119 Å². The summed E-state index contributed by atoms with van der Waals surface area (Å²) in [6.45, 7) is 1.41. The standard InChI is InChI=1S/C24H23N3O6/c1-15(28)25-17-7-9-18(10-8-17)26-24(30)20(14-19-5-4-12-33-19)27-23(29)16-6-11-21(31-2)22(13-16)32-3/h4-14H,1-3H3,(H,25,28)(H,26,30)(H,27,29)/b20-14-. The lowest BCUT2D eigenvalue weighted by Gasteiger charge is -2.13. The SMILES string of the molecule is COc1ccc(C(=O)N/C(=C\c2ccco2)C(=O)Nc2ccc(NC(C)=O)cc2)cc1OC. The zero-order valence-electron chi connectivity index (χ0n) is 18.3. The second kappa shape index (κ2) is 10.7. The number of carbonyl (C=O) groups excluding carboxylic acids is 3.